The highest BCUT2D eigenvalue weighted by Crippen LogP contribution is 2.25. The fourth-order valence-corrected chi connectivity index (χ4v) is 2.46. The highest BCUT2D eigenvalue weighted by Gasteiger charge is 2.08. The smallest absolute Gasteiger partial charge is 0.177 e. The molecule has 2 heterocycles. The summed E-state index contributed by atoms with van der Waals surface area (Å²) >= 11 is 1.63. The van der Waals surface area contributed by atoms with E-state index >= 15 is 0 Å². The number of benzene rings is 1. The molecule has 20 heavy (non-hydrogen) atoms. The van der Waals surface area contributed by atoms with Crippen LogP contribution in [0, 0.1) is 0 Å². The van der Waals surface area contributed by atoms with Crippen LogP contribution >= 0.6 is 11.3 Å². The van der Waals surface area contributed by atoms with E-state index in [1.807, 2.05) is 54.9 Å². The third-order valence-corrected chi connectivity index (χ3v) is 3.74. The van der Waals surface area contributed by atoms with Gasteiger partial charge in [0.2, 0.25) is 0 Å². The van der Waals surface area contributed by atoms with Gasteiger partial charge in [0.15, 0.2) is 5.76 Å². The van der Waals surface area contributed by atoms with Crippen LogP contribution in [0.15, 0.2) is 52.4 Å². The van der Waals surface area contributed by atoms with E-state index in [0.29, 0.717) is 6.61 Å². The van der Waals surface area contributed by atoms with E-state index in [1.165, 1.54) is 0 Å². The standard InChI is InChI=1S/C15H14N2O2S/c1-16-11-4-6-13(7-5-11)18-10-12-9-14(19-17-12)15-3-2-8-20-15/h2-9,16H,10H2,1H3. The average molecular weight is 286 g/mol. The first-order chi connectivity index (χ1) is 9.85. The molecule has 5 heteroatoms. The van der Waals surface area contributed by atoms with Crippen LogP contribution in [0.5, 0.6) is 5.75 Å². The van der Waals surface area contributed by atoms with Crippen molar-refractivity contribution in [3.05, 3.63) is 53.5 Å². The molecule has 0 unspecified atom stereocenters. The largest absolute Gasteiger partial charge is 0.487 e. The summed E-state index contributed by atoms with van der Waals surface area (Å²) in [5.41, 5.74) is 1.84. The summed E-state index contributed by atoms with van der Waals surface area (Å²) in [6.07, 6.45) is 0. The molecule has 0 aliphatic rings. The molecule has 0 fully saturated rings. The Morgan fingerprint density at radius 1 is 1.25 bits per heavy atom. The van der Waals surface area contributed by atoms with Gasteiger partial charge in [0.1, 0.15) is 18.1 Å². The molecule has 0 radical (unpaired) electrons. The number of thiophene rings is 1. The molecule has 2 aromatic heterocycles. The van der Waals surface area contributed by atoms with Gasteiger partial charge in [-0.25, -0.2) is 0 Å². The summed E-state index contributed by atoms with van der Waals surface area (Å²) in [7, 11) is 1.89. The first kappa shape index (κ1) is 12.7. The van der Waals surface area contributed by atoms with E-state index in [-0.39, 0.29) is 0 Å². The molecule has 0 aliphatic carbocycles. The third-order valence-electron chi connectivity index (χ3n) is 2.85. The van der Waals surface area contributed by atoms with Crippen LogP contribution < -0.4 is 10.1 Å². The Labute approximate surface area is 121 Å². The second-order valence-electron chi connectivity index (χ2n) is 4.22. The molecule has 0 atom stereocenters. The van der Waals surface area contributed by atoms with Crippen molar-refractivity contribution in [3.63, 3.8) is 0 Å². The third kappa shape index (κ3) is 2.83. The molecule has 3 aromatic rings. The van der Waals surface area contributed by atoms with Crippen molar-refractivity contribution in [2.75, 3.05) is 12.4 Å². The van der Waals surface area contributed by atoms with Crippen molar-refractivity contribution in [2.24, 2.45) is 0 Å². The van der Waals surface area contributed by atoms with E-state index in [4.69, 9.17) is 9.26 Å². The van der Waals surface area contributed by atoms with Gasteiger partial charge in [-0.3, -0.25) is 0 Å². The summed E-state index contributed by atoms with van der Waals surface area (Å²) in [6.45, 7) is 0.397. The molecule has 0 saturated carbocycles. The average Bonchev–Trinajstić information content (AvgIpc) is 3.16. The van der Waals surface area contributed by atoms with E-state index in [2.05, 4.69) is 10.5 Å². The number of hydrogen-bond acceptors (Lipinski definition) is 5. The summed E-state index contributed by atoms with van der Waals surface area (Å²) < 4.78 is 11.0. The van der Waals surface area contributed by atoms with Gasteiger partial charge in [-0.15, -0.1) is 11.3 Å². The molecule has 3 rings (SSSR count). The van der Waals surface area contributed by atoms with Crippen LogP contribution in [0.2, 0.25) is 0 Å². The molecule has 0 saturated heterocycles. The highest BCUT2D eigenvalue weighted by atomic mass is 32.1. The van der Waals surface area contributed by atoms with Crippen LogP contribution in [-0.4, -0.2) is 12.2 Å². The lowest BCUT2D eigenvalue weighted by molar-refractivity contribution is 0.290. The number of ether oxygens (including phenoxy) is 1. The molecular weight excluding hydrogens is 272 g/mol. The van der Waals surface area contributed by atoms with Gasteiger partial charge in [-0.05, 0) is 35.7 Å². The Morgan fingerprint density at radius 3 is 2.80 bits per heavy atom. The quantitative estimate of drug-likeness (QED) is 0.769. The second-order valence-corrected chi connectivity index (χ2v) is 5.17. The molecule has 4 nitrogen and oxygen atoms in total. The predicted molar refractivity (Wildman–Crippen MR) is 80.1 cm³/mol. The molecular formula is C15H14N2O2S. The zero-order valence-electron chi connectivity index (χ0n) is 11.0. The maximum absolute atomic E-state index is 5.68. The minimum Gasteiger partial charge on any atom is -0.487 e. The predicted octanol–water partition coefficient (Wildman–Crippen LogP) is 4.02. The second kappa shape index (κ2) is 5.79. The van der Waals surface area contributed by atoms with Crippen LogP contribution in [0.1, 0.15) is 5.69 Å². The van der Waals surface area contributed by atoms with Crippen LogP contribution in [-0.2, 0) is 6.61 Å². The Morgan fingerprint density at radius 2 is 2.10 bits per heavy atom. The van der Waals surface area contributed by atoms with Crippen molar-refractivity contribution in [3.8, 4) is 16.4 Å². The number of aromatic nitrogens is 1. The van der Waals surface area contributed by atoms with Gasteiger partial charge in [0.25, 0.3) is 0 Å². The van der Waals surface area contributed by atoms with E-state index in [1.54, 1.807) is 11.3 Å². The van der Waals surface area contributed by atoms with Gasteiger partial charge in [-0.1, -0.05) is 11.2 Å². The number of hydrogen-bond donors (Lipinski definition) is 1. The first-order valence-corrected chi connectivity index (χ1v) is 7.13. The maximum Gasteiger partial charge on any atom is 0.177 e. The lowest BCUT2D eigenvalue weighted by Crippen LogP contribution is -1.95. The van der Waals surface area contributed by atoms with Gasteiger partial charge in [-0.2, -0.15) is 0 Å². The van der Waals surface area contributed by atoms with Crippen LogP contribution in [0.3, 0.4) is 0 Å². The minimum atomic E-state index is 0.397. The lowest BCUT2D eigenvalue weighted by atomic mass is 10.3. The number of nitrogens with zero attached hydrogens (tertiary/aromatic N) is 1. The minimum absolute atomic E-state index is 0.397. The van der Waals surface area contributed by atoms with Crippen LogP contribution in [0.4, 0.5) is 5.69 Å². The summed E-state index contributed by atoms with van der Waals surface area (Å²) in [5.74, 6) is 1.59. The highest BCUT2D eigenvalue weighted by molar-refractivity contribution is 7.13. The molecule has 0 amide bonds. The molecule has 1 N–H and O–H groups in total. The SMILES string of the molecule is CNc1ccc(OCc2cc(-c3cccs3)on2)cc1. The lowest BCUT2D eigenvalue weighted by Gasteiger charge is -2.04. The summed E-state index contributed by atoms with van der Waals surface area (Å²) in [6, 6.07) is 13.7. The Hall–Kier alpha value is -2.27. The molecule has 0 bridgehead atoms. The van der Waals surface area contributed by atoms with Crippen molar-refractivity contribution < 1.29 is 9.26 Å². The summed E-state index contributed by atoms with van der Waals surface area (Å²) in [4.78, 5) is 1.07. The van der Waals surface area contributed by atoms with E-state index in [9.17, 15) is 0 Å². The molecule has 1 aromatic carbocycles. The van der Waals surface area contributed by atoms with Gasteiger partial charge >= 0.3 is 0 Å². The fourth-order valence-electron chi connectivity index (χ4n) is 1.79. The topological polar surface area (TPSA) is 47.3 Å². The van der Waals surface area contributed by atoms with E-state index in [0.717, 1.165) is 27.8 Å². The van der Waals surface area contributed by atoms with Crippen molar-refractivity contribution in [2.45, 2.75) is 6.61 Å². The first-order valence-electron chi connectivity index (χ1n) is 6.25. The Balaban J connectivity index is 1.63. The zero-order chi connectivity index (χ0) is 13.8. The van der Waals surface area contributed by atoms with Gasteiger partial charge in [0, 0.05) is 18.8 Å². The zero-order valence-corrected chi connectivity index (χ0v) is 11.8. The monoisotopic (exact) mass is 286 g/mol. The van der Waals surface area contributed by atoms with Crippen molar-refractivity contribution >= 4 is 17.0 Å². The summed E-state index contributed by atoms with van der Waals surface area (Å²) in [5, 5.41) is 9.09. The number of rotatable bonds is 5. The van der Waals surface area contributed by atoms with Gasteiger partial charge < -0.3 is 14.6 Å². The Kier molecular flexibility index (Phi) is 3.69. The van der Waals surface area contributed by atoms with Crippen LogP contribution in [0.25, 0.3) is 10.6 Å². The molecule has 0 aliphatic heterocycles. The van der Waals surface area contributed by atoms with E-state index < -0.39 is 0 Å². The number of anilines is 1. The van der Waals surface area contributed by atoms with Gasteiger partial charge in [0.05, 0.1) is 4.88 Å². The van der Waals surface area contributed by atoms with Crippen molar-refractivity contribution in [1.29, 1.82) is 0 Å². The molecule has 0 spiro atoms. The maximum atomic E-state index is 5.68. The number of nitrogens with one attached hydrogen (secondary N) is 1. The van der Waals surface area contributed by atoms with Crippen molar-refractivity contribution in [1.82, 2.24) is 5.16 Å². The Bertz CT molecular complexity index is 660. The normalized spacial score (nSPS) is 10.4. The molecule has 102 valence electrons. The fraction of sp³-hybridized carbons (Fsp3) is 0.133.